The van der Waals surface area contributed by atoms with Crippen LogP contribution in [0.25, 0.3) is 5.69 Å². The molecule has 4 rings (SSSR count). The van der Waals surface area contributed by atoms with Crippen LogP contribution >= 0.6 is 12.4 Å². The SMILES string of the molecule is Cc1cc(C2CCCNC2)oc(=O)c1C(=O)Nc1ccc(-n2nnnc2C)cc1.Cl. The van der Waals surface area contributed by atoms with Crippen LogP contribution in [0.15, 0.2) is 39.5 Å². The van der Waals surface area contributed by atoms with E-state index in [2.05, 4.69) is 26.2 Å². The second-order valence-electron chi connectivity index (χ2n) is 7.18. The number of nitrogens with one attached hydrogen (secondary N) is 2. The van der Waals surface area contributed by atoms with Gasteiger partial charge >= 0.3 is 5.63 Å². The van der Waals surface area contributed by atoms with Crippen molar-refractivity contribution in [2.75, 3.05) is 18.4 Å². The molecule has 1 aromatic carbocycles. The van der Waals surface area contributed by atoms with Crippen LogP contribution in [0.2, 0.25) is 0 Å². The van der Waals surface area contributed by atoms with Gasteiger partial charge in [0.1, 0.15) is 11.3 Å². The minimum atomic E-state index is -0.607. The van der Waals surface area contributed by atoms with Gasteiger partial charge in [0.25, 0.3) is 5.91 Å². The van der Waals surface area contributed by atoms with Crippen LogP contribution in [0, 0.1) is 13.8 Å². The van der Waals surface area contributed by atoms with Gasteiger partial charge < -0.3 is 15.1 Å². The fourth-order valence-corrected chi connectivity index (χ4v) is 3.55. The third kappa shape index (κ3) is 4.42. The monoisotopic (exact) mass is 430 g/mol. The Hall–Kier alpha value is -3.04. The molecule has 0 radical (unpaired) electrons. The zero-order valence-corrected chi connectivity index (χ0v) is 17.5. The van der Waals surface area contributed by atoms with Crippen LogP contribution in [0.3, 0.4) is 0 Å². The lowest BCUT2D eigenvalue weighted by Crippen LogP contribution is -2.30. The Balaban J connectivity index is 0.00000256. The molecule has 30 heavy (non-hydrogen) atoms. The van der Waals surface area contributed by atoms with Crippen molar-refractivity contribution in [3.05, 3.63) is 63.5 Å². The maximum absolute atomic E-state index is 12.7. The summed E-state index contributed by atoms with van der Waals surface area (Å²) in [5, 5.41) is 17.4. The summed E-state index contributed by atoms with van der Waals surface area (Å²) in [6, 6.07) is 8.83. The highest BCUT2D eigenvalue weighted by molar-refractivity contribution is 6.04. The summed E-state index contributed by atoms with van der Waals surface area (Å²) in [6.45, 7) is 5.31. The molecule has 9 nitrogen and oxygen atoms in total. The maximum Gasteiger partial charge on any atom is 0.349 e. The lowest BCUT2D eigenvalue weighted by atomic mass is 9.95. The molecule has 1 aliphatic heterocycles. The van der Waals surface area contributed by atoms with Gasteiger partial charge in [-0.2, -0.15) is 4.68 Å². The topological polar surface area (TPSA) is 115 Å². The number of amides is 1. The highest BCUT2D eigenvalue weighted by Gasteiger charge is 2.22. The molecular formula is C20H23ClN6O3. The third-order valence-corrected chi connectivity index (χ3v) is 5.09. The lowest BCUT2D eigenvalue weighted by Gasteiger charge is -2.22. The average Bonchev–Trinajstić information content (AvgIpc) is 3.14. The molecule has 2 aromatic heterocycles. The molecule has 0 saturated carbocycles. The minimum absolute atomic E-state index is 0. The smallest absolute Gasteiger partial charge is 0.349 e. The van der Waals surface area contributed by atoms with Crippen molar-refractivity contribution in [3.63, 3.8) is 0 Å². The van der Waals surface area contributed by atoms with E-state index in [0.29, 0.717) is 22.8 Å². The van der Waals surface area contributed by atoms with Gasteiger partial charge in [-0.1, -0.05) is 0 Å². The summed E-state index contributed by atoms with van der Waals surface area (Å²) >= 11 is 0. The number of piperidine rings is 1. The minimum Gasteiger partial charge on any atom is -0.427 e. The van der Waals surface area contributed by atoms with E-state index in [1.54, 1.807) is 48.9 Å². The number of hydrogen-bond donors (Lipinski definition) is 2. The molecule has 2 N–H and O–H groups in total. The zero-order valence-electron chi connectivity index (χ0n) is 16.7. The molecule has 1 atom stereocenters. The summed E-state index contributed by atoms with van der Waals surface area (Å²) in [7, 11) is 0. The maximum atomic E-state index is 12.7. The molecule has 10 heteroatoms. The second-order valence-corrected chi connectivity index (χ2v) is 7.18. The van der Waals surface area contributed by atoms with E-state index in [4.69, 9.17) is 4.42 Å². The number of aryl methyl sites for hydroxylation is 2. The molecule has 1 unspecified atom stereocenters. The number of rotatable bonds is 4. The van der Waals surface area contributed by atoms with Crippen molar-refractivity contribution in [1.29, 1.82) is 0 Å². The molecule has 3 aromatic rings. The molecule has 0 aliphatic carbocycles. The quantitative estimate of drug-likeness (QED) is 0.652. The van der Waals surface area contributed by atoms with Gasteiger partial charge in [0, 0.05) is 18.2 Å². The van der Waals surface area contributed by atoms with Crippen molar-refractivity contribution in [3.8, 4) is 5.69 Å². The van der Waals surface area contributed by atoms with Gasteiger partial charge in [0.15, 0.2) is 5.82 Å². The van der Waals surface area contributed by atoms with E-state index in [1.807, 2.05) is 0 Å². The van der Waals surface area contributed by atoms with Crippen LogP contribution in [0.5, 0.6) is 0 Å². The van der Waals surface area contributed by atoms with Crippen LogP contribution in [-0.2, 0) is 0 Å². The van der Waals surface area contributed by atoms with Gasteiger partial charge in [-0.3, -0.25) is 4.79 Å². The van der Waals surface area contributed by atoms with Crippen molar-refractivity contribution in [2.45, 2.75) is 32.6 Å². The van der Waals surface area contributed by atoms with Gasteiger partial charge in [0.05, 0.1) is 5.69 Å². The Morgan fingerprint density at radius 2 is 2.03 bits per heavy atom. The van der Waals surface area contributed by atoms with Crippen LogP contribution in [0.4, 0.5) is 5.69 Å². The fraction of sp³-hybridized carbons (Fsp3) is 0.350. The van der Waals surface area contributed by atoms with Gasteiger partial charge in [-0.15, -0.1) is 17.5 Å². The summed E-state index contributed by atoms with van der Waals surface area (Å²) in [6.07, 6.45) is 2.00. The summed E-state index contributed by atoms with van der Waals surface area (Å²) in [5.74, 6) is 0.964. The van der Waals surface area contributed by atoms with Crippen LogP contribution < -0.4 is 16.3 Å². The number of halogens is 1. The van der Waals surface area contributed by atoms with Crippen LogP contribution in [-0.4, -0.2) is 39.2 Å². The highest BCUT2D eigenvalue weighted by atomic mass is 35.5. The summed E-state index contributed by atoms with van der Waals surface area (Å²) in [4.78, 5) is 25.2. The molecular weight excluding hydrogens is 408 g/mol. The summed E-state index contributed by atoms with van der Waals surface area (Å²) in [5.41, 5.74) is 1.36. The molecule has 0 bridgehead atoms. The van der Waals surface area contributed by atoms with E-state index >= 15 is 0 Å². The Bertz CT molecular complexity index is 1090. The fourth-order valence-electron chi connectivity index (χ4n) is 3.55. The Morgan fingerprint density at radius 1 is 1.27 bits per heavy atom. The van der Waals surface area contributed by atoms with Crippen molar-refractivity contribution in [1.82, 2.24) is 25.5 Å². The highest BCUT2D eigenvalue weighted by Crippen LogP contribution is 2.24. The predicted molar refractivity (Wildman–Crippen MR) is 114 cm³/mol. The van der Waals surface area contributed by atoms with Gasteiger partial charge in [-0.05, 0) is 79.6 Å². The van der Waals surface area contributed by atoms with Crippen LogP contribution in [0.1, 0.15) is 46.3 Å². The van der Waals surface area contributed by atoms with E-state index < -0.39 is 11.5 Å². The molecule has 1 aliphatic rings. The number of carbonyl (C=O) groups is 1. The Morgan fingerprint density at radius 3 is 2.63 bits per heavy atom. The number of carbonyl (C=O) groups excluding carboxylic acids is 1. The zero-order chi connectivity index (χ0) is 20.4. The molecule has 3 heterocycles. The van der Waals surface area contributed by atoms with E-state index in [1.165, 1.54) is 0 Å². The normalized spacial score (nSPS) is 16.0. The largest absolute Gasteiger partial charge is 0.427 e. The van der Waals surface area contributed by atoms with Crippen molar-refractivity contribution in [2.24, 2.45) is 0 Å². The first-order valence-corrected chi connectivity index (χ1v) is 9.55. The Kier molecular flexibility index (Phi) is 6.63. The molecule has 158 valence electrons. The standard InChI is InChI=1S/C20H22N6O3.ClH/c1-12-10-17(14-4-3-9-21-11-14)29-20(28)18(12)19(27)22-15-5-7-16(8-6-15)26-13(2)23-24-25-26;/h5-8,10,14,21H,3-4,9,11H2,1-2H3,(H,22,27);1H. The first-order valence-electron chi connectivity index (χ1n) is 9.55. The average molecular weight is 431 g/mol. The Labute approximate surface area is 179 Å². The van der Waals surface area contributed by atoms with Gasteiger partial charge in [-0.25, -0.2) is 4.79 Å². The molecule has 1 fully saturated rings. The predicted octanol–water partition coefficient (Wildman–Crippen LogP) is 2.37. The number of nitrogens with zero attached hydrogens (tertiary/aromatic N) is 4. The number of aromatic nitrogens is 4. The number of hydrogen-bond acceptors (Lipinski definition) is 7. The first-order chi connectivity index (χ1) is 14.0. The number of anilines is 1. The lowest BCUT2D eigenvalue weighted by molar-refractivity contribution is 0.102. The molecule has 1 amide bonds. The second kappa shape index (κ2) is 9.19. The van der Waals surface area contributed by atoms with E-state index in [0.717, 1.165) is 31.6 Å². The number of benzene rings is 1. The van der Waals surface area contributed by atoms with E-state index in [-0.39, 0.29) is 23.9 Å². The summed E-state index contributed by atoms with van der Waals surface area (Å²) < 4.78 is 7.07. The third-order valence-electron chi connectivity index (χ3n) is 5.09. The van der Waals surface area contributed by atoms with Crippen molar-refractivity contribution < 1.29 is 9.21 Å². The van der Waals surface area contributed by atoms with Gasteiger partial charge in [0.2, 0.25) is 0 Å². The molecule has 1 saturated heterocycles. The van der Waals surface area contributed by atoms with E-state index in [9.17, 15) is 9.59 Å². The van der Waals surface area contributed by atoms with Crippen molar-refractivity contribution >= 4 is 24.0 Å². The first kappa shape index (κ1) is 21.7. The molecule has 0 spiro atoms. The number of tetrazole rings is 1.